The lowest BCUT2D eigenvalue weighted by Crippen LogP contribution is -1.93. The fourth-order valence-electron chi connectivity index (χ4n) is 1.30. The third-order valence-electron chi connectivity index (χ3n) is 1.97. The molecule has 0 aliphatic rings. The molecular weight excluding hydrogens is 240 g/mol. The lowest BCUT2D eigenvalue weighted by atomic mass is 10.1. The Hall–Kier alpha value is -1.35. The summed E-state index contributed by atoms with van der Waals surface area (Å²) in [5.74, 6) is 0.555. The third kappa shape index (κ3) is 1.77. The summed E-state index contributed by atoms with van der Waals surface area (Å²) >= 11 is 3.38. The van der Waals surface area contributed by atoms with Crippen molar-refractivity contribution in [1.82, 2.24) is 4.98 Å². The van der Waals surface area contributed by atoms with Crippen molar-refractivity contribution in [2.24, 2.45) is 0 Å². The predicted molar refractivity (Wildman–Crippen MR) is 61.8 cm³/mol. The van der Waals surface area contributed by atoms with Gasteiger partial charge in [0.05, 0.1) is 0 Å². The fraction of sp³-hybridized carbons (Fsp3) is 0. The molecule has 2 N–H and O–H groups in total. The quantitative estimate of drug-likeness (QED) is 0.843. The Bertz CT molecular complexity index is 440. The molecule has 0 fully saturated rings. The van der Waals surface area contributed by atoms with Crippen molar-refractivity contribution in [2.75, 3.05) is 5.73 Å². The lowest BCUT2D eigenvalue weighted by molar-refractivity contribution is 1.32. The van der Waals surface area contributed by atoms with Crippen LogP contribution in [0.1, 0.15) is 0 Å². The normalized spacial score (nSPS) is 10.1. The second-order valence-corrected chi connectivity index (χ2v) is 3.87. The van der Waals surface area contributed by atoms with E-state index in [1.807, 2.05) is 36.4 Å². The van der Waals surface area contributed by atoms with E-state index >= 15 is 0 Å². The van der Waals surface area contributed by atoms with Crippen molar-refractivity contribution in [2.45, 2.75) is 0 Å². The lowest BCUT2D eigenvalue weighted by Gasteiger charge is -2.04. The van der Waals surface area contributed by atoms with Gasteiger partial charge in [0, 0.05) is 16.2 Å². The van der Waals surface area contributed by atoms with Crippen LogP contribution in [0.25, 0.3) is 11.1 Å². The summed E-state index contributed by atoms with van der Waals surface area (Å²) in [5.41, 5.74) is 7.83. The van der Waals surface area contributed by atoms with Crippen LogP contribution >= 0.6 is 15.9 Å². The van der Waals surface area contributed by atoms with E-state index in [1.54, 1.807) is 6.20 Å². The maximum atomic E-state index is 5.79. The Morgan fingerprint density at radius 2 is 1.86 bits per heavy atom. The number of rotatable bonds is 1. The summed E-state index contributed by atoms with van der Waals surface area (Å²) in [6.45, 7) is 0. The molecule has 1 heterocycles. The summed E-state index contributed by atoms with van der Waals surface area (Å²) < 4.78 is 0.936. The minimum atomic E-state index is 0.555. The fourth-order valence-corrected chi connectivity index (χ4v) is 1.63. The second kappa shape index (κ2) is 3.80. The molecule has 0 radical (unpaired) electrons. The second-order valence-electron chi connectivity index (χ2n) is 2.95. The van der Waals surface area contributed by atoms with E-state index in [0.29, 0.717) is 5.82 Å². The molecule has 3 heteroatoms. The summed E-state index contributed by atoms with van der Waals surface area (Å²) in [7, 11) is 0. The van der Waals surface area contributed by atoms with Crippen LogP contribution in [0.4, 0.5) is 5.82 Å². The molecule has 0 atom stereocenters. The molecule has 1 aromatic carbocycles. The Labute approximate surface area is 90.9 Å². The average molecular weight is 249 g/mol. The smallest absolute Gasteiger partial charge is 0.131 e. The maximum absolute atomic E-state index is 5.79. The van der Waals surface area contributed by atoms with Gasteiger partial charge in [-0.25, -0.2) is 4.98 Å². The number of hydrogen-bond acceptors (Lipinski definition) is 2. The molecule has 2 rings (SSSR count). The highest BCUT2D eigenvalue weighted by Gasteiger charge is 2.03. The highest BCUT2D eigenvalue weighted by Crippen LogP contribution is 2.26. The molecule has 1 aromatic heterocycles. The molecule has 0 aliphatic carbocycles. The van der Waals surface area contributed by atoms with Gasteiger partial charge in [-0.2, -0.15) is 0 Å². The van der Waals surface area contributed by atoms with Crippen molar-refractivity contribution < 1.29 is 0 Å². The van der Waals surface area contributed by atoms with Gasteiger partial charge in [-0.15, -0.1) is 0 Å². The molecule has 0 bridgehead atoms. The topological polar surface area (TPSA) is 38.9 Å². The number of nitrogen functional groups attached to an aromatic ring is 1. The van der Waals surface area contributed by atoms with Crippen LogP contribution in [0.15, 0.2) is 47.1 Å². The van der Waals surface area contributed by atoms with Crippen LogP contribution in [0.3, 0.4) is 0 Å². The van der Waals surface area contributed by atoms with Crippen LogP contribution in [0, 0.1) is 0 Å². The van der Waals surface area contributed by atoms with Gasteiger partial charge in [-0.3, -0.25) is 0 Å². The van der Waals surface area contributed by atoms with Gasteiger partial charge in [0.25, 0.3) is 0 Å². The zero-order chi connectivity index (χ0) is 9.97. The first-order valence-corrected chi connectivity index (χ1v) is 5.03. The van der Waals surface area contributed by atoms with Gasteiger partial charge in [0.15, 0.2) is 0 Å². The first-order chi connectivity index (χ1) is 6.77. The van der Waals surface area contributed by atoms with Crippen molar-refractivity contribution in [3.8, 4) is 11.1 Å². The number of nitrogens with two attached hydrogens (primary N) is 1. The Morgan fingerprint density at radius 1 is 1.14 bits per heavy atom. The Morgan fingerprint density at radius 3 is 2.57 bits per heavy atom. The molecule has 0 saturated carbocycles. The number of aromatic nitrogens is 1. The summed E-state index contributed by atoms with van der Waals surface area (Å²) in [5, 5.41) is 0. The van der Waals surface area contributed by atoms with Crippen LogP contribution in [-0.2, 0) is 0 Å². The Kier molecular flexibility index (Phi) is 2.50. The molecule has 2 aromatic rings. The number of benzene rings is 1. The number of pyridine rings is 1. The van der Waals surface area contributed by atoms with Crippen molar-refractivity contribution in [3.63, 3.8) is 0 Å². The standard InChI is InChI=1S/C11H9BrN2/c12-9-6-10(11(13)14-7-9)8-4-2-1-3-5-8/h1-7H,(H2,13,14). The molecule has 14 heavy (non-hydrogen) atoms. The SMILES string of the molecule is Nc1ncc(Br)cc1-c1ccccc1. The summed E-state index contributed by atoms with van der Waals surface area (Å²) in [6.07, 6.45) is 1.70. The molecule has 70 valence electrons. The van der Waals surface area contributed by atoms with Gasteiger partial charge in [-0.1, -0.05) is 30.3 Å². The van der Waals surface area contributed by atoms with E-state index in [1.165, 1.54) is 0 Å². The van der Waals surface area contributed by atoms with Gasteiger partial charge < -0.3 is 5.73 Å². The van der Waals surface area contributed by atoms with Gasteiger partial charge in [0.2, 0.25) is 0 Å². The van der Waals surface area contributed by atoms with Crippen molar-refractivity contribution >= 4 is 21.7 Å². The minimum Gasteiger partial charge on any atom is -0.383 e. The molecular formula is C11H9BrN2. The minimum absolute atomic E-state index is 0.555. The van der Waals surface area contributed by atoms with E-state index in [-0.39, 0.29) is 0 Å². The molecule has 0 aliphatic heterocycles. The molecule has 0 unspecified atom stereocenters. The van der Waals surface area contributed by atoms with Crippen LogP contribution in [0.5, 0.6) is 0 Å². The summed E-state index contributed by atoms with van der Waals surface area (Å²) in [6, 6.07) is 11.9. The van der Waals surface area contributed by atoms with E-state index in [0.717, 1.165) is 15.6 Å². The monoisotopic (exact) mass is 248 g/mol. The molecule has 0 saturated heterocycles. The molecule has 0 spiro atoms. The number of hydrogen-bond donors (Lipinski definition) is 1. The van der Waals surface area contributed by atoms with E-state index in [2.05, 4.69) is 20.9 Å². The third-order valence-corrected chi connectivity index (χ3v) is 2.40. The number of nitrogens with zero attached hydrogens (tertiary/aromatic N) is 1. The van der Waals surface area contributed by atoms with E-state index in [4.69, 9.17) is 5.73 Å². The van der Waals surface area contributed by atoms with Crippen LogP contribution < -0.4 is 5.73 Å². The van der Waals surface area contributed by atoms with Crippen LogP contribution in [-0.4, -0.2) is 4.98 Å². The highest BCUT2D eigenvalue weighted by atomic mass is 79.9. The molecule has 0 amide bonds. The predicted octanol–water partition coefficient (Wildman–Crippen LogP) is 3.09. The van der Waals surface area contributed by atoms with Gasteiger partial charge >= 0.3 is 0 Å². The highest BCUT2D eigenvalue weighted by molar-refractivity contribution is 9.10. The average Bonchev–Trinajstić information content (AvgIpc) is 2.23. The zero-order valence-electron chi connectivity index (χ0n) is 7.44. The largest absolute Gasteiger partial charge is 0.383 e. The van der Waals surface area contributed by atoms with E-state index < -0.39 is 0 Å². The Balaban J connectivity index is 2.57. The first kappa shape index (κ1) is 9.21. The number of halogens is 1. The summed E-state index contributed by atoms with van der Waals surface area (Å²) in [4.78, 5) is 4.09. The van der Waals surface area contributed by atoms with Crippen LogP contribution in [0.2, 0.25) is 0 Å². The molecule has 2 nitrogen and oxygen atoms in total. The van der Waals surface area contributed by atoms with Gasteiger partial charge in [0.1, 0.15) is 5.82 Å². The number of anilines is 1. The van der Waals surface area contributed by atoms with Gasteiger partial charge in [-0.05, 0) is 27.6 Å². The van der Waals surface area contributed by atoms with Crippen molar-refractivity contribution in [1.29, 1.82) is 0 Å². The zero-order valence-corrected chi connectivity index (χ0v) is 9.03. The van der Waals surface area contributed by atoms with Crippen molar-refractivity contribution in [3.05, 3.63) is 47.1 Å². The maximum Gasteiger partial charge on any atom is 0.131 e. The van der Waals surface area contributed by atoms with E-state index in [9.17, 15) is 0 Å². The first-order valence-electron chi connectivity index (χ1n) is 4.24.